The van der Waals surface area contributed by atoms with Crippen LogP contribution in [0.25, 0.3) is 10.9 Å². The summed E-state index contributed by atoms with van der Waals surface area (Å²) in [6.45, 7) is 11.1. The van der Waals surface area contributed by atoms with Crippen LogP contribution in [-0.2, 0) is 9.53 Å². The summed E-state index contributed by atoms with van der Waals surface area (Å²) in [5, 5.41) is 3.89. The van der Waals surface area contributed by atoms with Crippen molar-refractivity contribution < 1.29 is 14.3 Å². The molecule has 0 radical (unpaired) electrons. The molecule has 142 valence electrons. The van der Waals surface area contributed by atoms with Gasteiger partial charge in [-0.05, 0) is 50.5 Å². The molecule has 2 rings (SSSR count). The van der Waals surface area contributed by atoms with E-state index in [1.54, 1.807) is 6.20 Å². The number of hydrogen-bond acceptors (Lipinski definition) is 4. The second kappa shape index (κ2) is 8.99. The van der Waals surface area contributed by atoms with Crippen molar-refractivity contribution in [2.45, 2.75) is 53.1 Å². The van der Waals surface area contributed by atoms with Gasteiger partial charge in [-0.25, -0.2) is 0 Å². The number of fused-ring (bicyclic) bond motifs is 1. The SMILES string of the molecule is CCC[C@@](C)(OCC)C(=O)Nc1ccc(OCC(C)C)c2ncccc12. The minimum Gasteiger partial charge on any atom is -0.491 e. The summed E-state index contributed by atoms with van der Waals surface area (Å²) >= 11 is 0. The molecule has 0 bridgehead atoms. The highest BCUT2D eigenvalue weighted by Crippen LogP contribution is 2.31. The van der Waals surface area contributed by atoms with E-state index in [0.717, 1.165) is 28.8 Å². The smallest absolute Gasteiger partial charge is 0.256 e. The number of aromatic nitrogens is 1. The molecule has 5 nitrogen and oxygen atoms in total. The molecule has 0 aliphatic carbocycles. The number of anilines is 1. The van der Waals surface area contributed by atoms with Crippen molar-refractivity contribution in [2.24, 2.45) is 5.92 Å². The monoisotopic (exact) mass is 358 g/mol. The summed E-state index contributed by atoms with van der Waals surface area (Å²) in [5.74, 6) is 1.02. The lowest BCUT2D eigenvalue weighted by atomic mass is 9.98. The van der Waals surface area contributed by atoms with Crippen LogP contribution in [0.3, 0.4) is 0 Å². The Kier molecular flexibility index (Phi) is 6.98. The van der Waals surface area contributed by atoms with Gasteiger partial charge in [0.1, 0.15) is 16.9 Å². The first-order valence-corrected chi connectivity index (χ1v) is 9.37. The average molecular weight is 358 g/mol. The van der Waals surface area contributed by atoms with Gasteiger partial charge in [-0.15, -0.1) is 0 Å². The molecule has 0 aliphatic rings. The minimum atomic E-state index is -0.842. The zero-order valence-electron chi connectivity index (χ0n) is 16.5. The van der Waals surface area contributed by atoms with E-state index < -0.39 is 5.60 Å². The fourth-order valence-corrected chi connectivity index (χ4v) is 2.93. The van der Waals surface area contributed by atoms with Gasteiger partial charge < -0.3 is 14.8 Å². The van der Waals surface area contributed by atoms with Crippen LogP contribution >= 0.6 is 0 Å². The van der Waals surface area contributed by atoms with Crippen LogP contribution in [0.15, 0.2) is 30.5 Å². The fraction of sp³-hybridized carbons (Fsp3) is 0.524. The highest BCUT2D eigenvalue weighted by atomic mass is 16.5. The molecule has 0 saturated carbocycles. The molecule has 1 N–H and O–H groups in total. The van der Waals surface area contributed by atoms with Crippen LogP contribution in [0.5, 0.6) is 5.75 Å². The first kappa shape index (κ1) is 20.2. The van der Waals surface area contributed by atoms with Crippen molar-refractivity contribution in [1.82, 2.24) is 4.98 Å². The number of nitrogens with zero attached hydrogens (tertiary/aromatic N) is 1. The second-order valence-corrected chi connectivity index (χ2v) is 7.08. The zero-order chi connectivity index (χ0) is 19.2. The van der Waals surface area contributed by atoms with Gasteiger partial charge in [-0.3, -0.25) is 9.78 Å². The number of hydrogen-bond donors (Lipinski definition) is 1. The summed E-state index contributed by atoms with van der Waals surface area (Å²) in [4.78, 5) is 17.3. The summed E-state index contributed by atoms with van der Waals surface area (Å²) in [7, 11) is 0. The van der Waals surface area contributed by atoms with E-state index in [-0.39, 0.29) is 5.91 Å². The number of pyridine rings is 1. The maximum absolute atomic E-state index is 12.9. The highest BCUT2D eigenvalue weighted by Gasteiger charge is 2.33. The zero-order valence-corrected chi connectivity index (χ0v) is 16.5. The molecule has 0 fully saturated rings. The van der Waals surface area contributed by atoms with Crippen LogP contribution in [0, 0.1) is 5.92 Å². The van der Waals surface area contributed by atoms with Crippen LogP contribution in [0.1, 0.15) is 47.5 Å². The maximum atomic E-state index is 12.9. The molecule has 0 spiro atoms. The normalized spacial score (nSPS) is 13.6. The topological polar surface area (TPSA) is 60.5 Å². The number of carbonyl (C=O) groups excluding carboxylic acids is 1. The molecular formula is C21H30N2O3. The molecule has 0 saturated heterocycles. The lowest BCUT2D eigenvalue weighted by Crippen LogP contribution is -2.42. The van der Waals surface area contributed by atoms with Gasteiger partial charge in [0, 0.05) is 18.2 Å². The van der Waals surface area contributed by atoms with E-state index in [0.29, 0.717) is 25.6 Å². The van der Waals surface area contributed by atoms with Crippen molar-refractivity contribution in [3.05, 3.63) is 30.5 Å². The standard InChI is InChI=1S/C21H30N2O3/c1-6-12-21(5,26-7-2)20(24)23-17-10-11-18(25-14-15(3)4)19-16(17)9-8-13-22-19/h8-11,13,15H,6-7,12,14H2,1-5H3,(H,23,24)/t21-/m1/s1. The number of benzene rings is 1. The van der Waals surface area contributed by atoms with Crippen LogP contribution in [-0.4, -0.2) is 29.7 Å². The van der Waals surface area contributed by atoms with Gasteiger partial charge in [-0.1, -0.05) is 27.2 Å². The number of carbonyl (C=O) groups is 1. The maximum Gasteiger partial charge on any atom is 0.256 e. The summed E-state index contributed by atoms with van der Waals surface area (Å²) in [6, 6.07) is 7.54. The first-order valence-electron chi connectivity index (χ1n) is 9.37. The van der Waals surface area contributed by atoms with Gasteiger partial charge in [0.2, 0.25) is 0 Å². The quantitative estimate of drug-likeness (QED) is 0.699. The Bertz CT molecular complexity index is 737. The van der Waals surface area contributed by atoms with Crippen molar-refractivity contribution in [1.29, 1.82) is 0 Å². The first-order chi connectivity index (χ1) is 12.4. The van der Waals surface area contributed by atoms with Gasteiger partial charge >= 0.3 is 0 Å². The van der Waals surface area contributed by atoms with Gasteiger partial charge in [-0.2, -0.15) is 0 Å². The molecule has 0 aliphatic heterocycles. The Morgan fingerprint density at radius 3 is 2.69 bits per heavy atom. The van der Waals surface area contributed by atoms with Crippen LogP contribution in [0.4, 0.5) is 5.69 Å². The highest BCUT2D eigenvalue weighted by molar-refractivity contribution is 6.05. The Labute approximate surface area is 156 Å². The molecule has 2 aromatic rings. The lowest BCUT2D eigenvalue weighted by Gasteiger charge is -2.28. The largest absolute Gasteiger partial charge is 0.491 e. The van der Waals surface area contributed by atoms with E-state index in [2.05, 4.69) is 24.1 Å². The second-order valence-electron chi connectivity index (χ2n) is 7.08. The minimum absolute atomic E-state index is 0.137. The van der Waals surface area contributed by atoms with Crippen molar-refractivity contribution in [3.63, 3.8) is 0 Å². The van der Waals surface area contributed by atoms with E-state index in [1.807, 2.05) is 45.0 Å². The van der Waals surface area contributed by atoms with E-state index in [4.69, 9.17) is 9.47 Å². The van der Waals surface area contributed by atoms with Crippen molar-refractivity contribution in [2.75, 3.05) is 18.5 Å². The molecule has 1 aromatic heterocycles. The Morgan fingerprint density at radius 1 is 1.27 bits per heavy atom. The summed E-state index contributed by atoms with van der Waals surface area (Å²) in [5.41, 5.74) is 0.627. The molecule has 26 heavy (non-hydrogen) atoms. The van der Waals surface area contributed by atoms with E-state index >= 15 is 0 Å². The van der Waals surface area contributed by atoms with Gasteiger partial charge in [0.25, 0.3) is 5.91 Å². The number of amides is 1. The number of ether oxygens (including phenoxy) is 2. The Hall–Kier alpha value is -2.14. The van der Waals surface area contributed by atoms with Gasteiger partial charge in [0.15, 0.2) is 0 Å². The molecule has 5 heteroatoms. The number of rotatable bonds is 9. The lowest BCUT2D eigenvalue weighted by molar-refractivity contribution is -0.139. The van der Waals surface area contributed by atoms with Crippen LogP contribution < -0.4 is 10.1 Å². The summed E-state index contributed by atoms with van der Waals surface area (Å²) in [6.07, 6.45) is 3.27. The molecule has 1 amide bonds. The third-order valence-corrected chi connectivity index (χ3v) is 4.22. The molecule has 1 atom stereocenters. The third-order valence-electron chi connectivity index (χ3n) is 4.22. The van der Waals surface area contributed by atoms with Crippen LogP contribution in [0.2, 0.25) is 0 Å². The fourth-order valence-electron chi connectivity index (χ4n) is 2.93. The van der Waals surface area contributed by atoms with Crippen molar-refractivity contribution in [3.8, 4) is 5.75 Å². The average Bonchev–Trinajstić information content (AvgIpc) is 2.61. The van der Waals surface area contributed by atoms with Gasteiger partial charge in [0.05, 0.1) is 12.3 Å². The predicted molar refractivity (Wildman–Crippen MR) is 106 cm³/mol. The van der Waals surface area contributed by atoms with E-state index in [1.165, 1.54) is 0 Å². The third kappa shape index (κ3) is 4.73. The molecular weight excluding hydrogens is 328 g/mol. The molecule has 1 heterocycles. The Balaban J connectivity index is 2.33. The Morgan fingerprint density at radius 2 is 2.04 bits per heavy atom. The molecule has 1 aromatic carbocycles. The molecule has 0 unspecified atom stereocenters. The summed E-state index contributed by atoms with van der Waals surface area (Å²) < 4.78 is 11.6. The number of nitrogens with one attached hydrogen (secondary N) is 1. The van der Waals surface area contributed by atoms with Crippen molar-refractivity contribution >= 4 is 22.5 Å². The van der Waals surface area contributed by atoms with E-state index in [9.17, 15) is 4.79 Å². The predicted octanol–water partition coefficient (Wildman–Crippen LogP) is 4.80.